The molecule has 0 radical (unpaired) electrons. The SMILES string of the molecule is CCc1ccc(OCC(=O)Oc2ccc(/C=C(/C#N)c3ccccc3OC)cc2)cc1. The van der Waals surface area contributed by atoms with Crippen LogP contribution in [-0.4, -0.2) is 19.7 Å². The number of allylic oxidation sites excluding steroid dienone is 1. The Kier molecular flexibility index (Phi) is 7.45. The van der Waals surface area contributed by atoms with Gasteiger partial charge in [-0.2, -0.15) is 5.26 Å². The van der Waals surface area contributed by atoms with Crippen molar-refractivity contribution in [2.24, 2.45) is 0 Å². The molecular weight excluding hydrogens is 390 g/mol. The van der Waals surface area contributed by atoms with Crippen molar-refractivity contribution in [3.63, 3.8) is 0 Å². The number of carbonyl (C=O) groups is 1. The predicted octanol–water partition coefficient (Wildman–Crippen LogP) is 5.31. The van der Waals surface area contributed by atoms with Crippen LogP contribution in [0.25, 0.3) is 11.6 Å². The summed E-state index contributed by atoms with van der Waals surface area (Å²) < 4.78 is 16.1. The quantitative estimate of drug-likeness (QED) is 0.217. The highest BCUT2D eigenvalue weighted by Crippen LogP contribution is 2.27. The fourth-order valence-electron chi connectivity index (χ4n) is 2.96. The third-order valence-corrected chi connectivity index (χ3v) is 4.63. The minimum absolute atomic E-state index is 0.181. The topological polar surface area (TPSA) is 68.5 Å². The molecule has 156 valence electrons. The maximum absolute atomic E-state index is 12.1. The van der Waals surface area contributed by atoms with Crippen molar-refractivity contribution in [2.45, 2.75) is 13.3 Å². The normalized spacial score (nSPS) is 10.8. The summed E-state index contributed by atoms with van der Waals surface area (Å²) in [5.41, 5.74) is 3.20. The Labute approximate surface area is 182 Å². The average molecular weight is 413 g/mol. The van der Waals surface area contributed by atoms with Crippen LogP contribution in [0.15, 0.2) is 72.8 Å². The summed E-state index contributed by atoms with van der Waals surface area (Å²) in [4.78, 5) is 12.1. The monoisotopic (exact) mass is 413 g/mol. The number of para-hydroxylation sites is 1. The van der Waals surface area contributed by atoms with Gasteiger partial charge in [0.25, 0.3) is 0 Å². The largest absolute Gasteiger partial charge is 0.496 e. The number of rotatable bonds is 8. The third-order valence-electron chi connectivity index (χ3n) is 4.63. The zero-order valence-electron chi connectivity index (χ0n) is 17.5. The molecular formula is C26H23NO4. The Morgan fingerprint density at radius 3 is 2.29 bits per heavy atom. The fourth-order valence-corrected chi connectivity index (χ4v) is 2.96. The number of ether oxygens (including phenoxy) is 3. The average Bonchev–Trinajstić information content (AvgIpc) is 2.82. The minimum atomic E-state index is -0.491. The molecule has 31 heavy (non-hydrogen) atoms. The summed E-state index contributed by atoms with van der Waals surface area (Å²) >= 11 is 0. The van der Waals surface area contributed by atoms with E-state index in [2.05, 4.69) is 13.0 Å². The number of carbonyl (C=O) groups excluding carboxylic acids is 1. The van der Waals surface area contributed by atoms with E-state index in [1.807, 2.05) is 48.5 Å². The zero-order chi connectivity index (χ0) is 22.1. The zero-order valence-corrected chi connectivity index (χ0v) is 17.5. The molecule has 3 rings (SSSR count). The summed E-state index contributed by atoms with van der Waals surface area (Å²) in [7, 11) is 1.57. The van der Waals surface area contributed by atoms with Crippen LogP contribution in [0.4, 0.5) is 0 Å². The molecule has 0 aliphatic carbocycles. The Morgan fingerprint density at radius 1 is 0.968 bits per heavy atom. The molecule has 0 unspecified atom stereocenters. The van der Waals surface area contributed by atoms with Crippen LogP contribution in [0, 0.1) is 11.3 Å². The minimum Gasteiger partial charge on any atom is -0.496 e. The number of esters is 1. The molecule has 0 aliphatic rings. The standard InChI is InChI=1S/C26H23NO4/c1-3-19-8-12-22(13-9-19)30-18-26(28)31-23-14-10-20(11-15-23)16-21(17-27)24-6-4-5-7-25(24)29-2/h4-16H,3,18H2,1-2H3/b21-16-. The van der Waals surface area contributed by atoms with Crippen LogP contribution >= 0.6 is 0 Å². The smallest absolute Gasteiger partial charge is 0.349 e. The Hall–Kier alpha value is -4.04. The summed E-state index contributed by atoms with van der Waals surface area (Å²) in [6, 6.07) is 24.1. The van der Waals surface area contributed by atoms with Crippen molar-refractivity contribution < 1.29 is 19.0 Å². The molecule has 0 heterocycles. The maximum Gasteiger partial charge on any atom is 0.349 e. The van der Waals surface area contributed by atoms with Crippen molar-refractivity contribution >= 4 is 17.6 Å². The molecule has 0 N–H and O–H groups in total. The van der Waals surface area contributed by atoms with Crippen LogP contribution in [-0.2, 0) is 11.2 Å². The number of benzene rings is 3. The molecule has 3 aromatic rings. The molecule has 0 atom stereocenters. The highest BCUT2D eigenvalue weighted by atomic mass is 16.6. The van der Waals surface area contributed by atoms with Gasteiger partial charge in [-0.15, -0.1) is 0 Å². The van der Waals surface area contributed by atoms with Crippen molar-refractivity contribution in [2.75, 3.05) is 13.7 Å². The Morgan fingerprint density at radius 2 is 1.65 bits per heavy atom. The Bertz CT molecular complexity index is 1090. The molecule has 0 aliphatic heterocycles. The van der Waals surface area contributed by atoms with Gasteiger partial charge < -0.3 is 14.2 Å². The first-order chi connectivity index (χ1) is 15.1. The van der Waals surface area contributed by atoms with Gasteiger partial charge in [-0.05, 0) is 60.0 Å². The third kappa shape index (κ3) is 5.97. The lowest BCUT2D eigenvalue weighted by molar-refractivity contribution is -0.136. The molecule has 3 aromatic carbocycles. The van der Waals surface area contributed by atoms with E-state index in [1.54, 1.807) is 37.5 Å². The maximum atomic E-state index is 12.1. The second-order valence-corrected chi connectivity index (χ2v) is 6.70. The number of nitriles is 1. The first-order valence-electron chi connectivity index (χ1n) is 9.90. The van der Waals surface area contributed by atoms with Crippen molar-refractivity contribution in [3.8, 4) is 23.3 Å². The van der Waals surface area contributed by atoms with Gasteiger partial charge in [0.2, 0.25) is 0 Å². The molecule has 5 nitrogen and oxygen atoms in total. The van der Waals surface area contributed by atoms with E-state index >= 15 is 0 Å². The van der Waals surface area contributed by atoms with Crippen LogP contribution in [0.5, 0.6) is 17.2 Å². The lowest BCUT2D eigenvalue weighted by Gasteiger charge is -2.08. The second kappa shape index (κ2) is 10.7. The first kappa shape index (κ1) is 21.7. The molecule has 0 amide bonds. The van der Waals surface area contributed by atoms with Gasteiger partial charge in [0, 0.05) is 5.56 Å². The van der Waals surface area contributed by atoms with Crippen molar-refractivity contribution in [3.05, 3.63) is 89.5 Å². The summed E-state index contributed by atoms with van der Waals surface area (Å²) in [5.74, 6) is 1.16. The second-order valence-electron chi connectivity index (χ2n) is 6.70. The van der Waals surface area contributed by atoms with E-state index in [0.29, 0.717) is 28.4 Å². The van der Waals surface area contributed by atoms with E-state index < -0.39 is 5.97 Å². The fraction of sp³-hybridized carbons (Fsp3) is 0.154. The van der Waals surface area contributed by atoms with Gasteiger partial charge in [0.05, 0.1) is 18.8 Å². The number of nitrogens with zero attached hydrogens (tertiary/aromatic N) is 1. The summed E-state index contributed by atoms with van der Waals surface area (Å²) in [6.07, 6.45) is 2.70. The molecule has 5 heteroatoms. The number of methoxy groups -OCH3 is 1. The van der Waals surface area contributed by atoms with Crippen LogP contribution in [0.2, 0.25) is 0 Å². The molecule has 0 aromatic heterocycles. The molecule has 0 bridgehead atoms. The lowest BCUT2D eigenvalue weighted by atomic mass is 10.0. The van der Waals surface area contributed by atoms with E-state index in [1.165, 1.54) is 5.56 Å². The van der Waals surface area contributed by atoms with E-state index in [-0.39, 0.29) is 6.61 Å². The molecule has 0 saturated heterocycles. The van der Waals surface area contributed by atoms with Gasteiger partial charge in [-0.1, -0.05) is 43.3 Å². The predicted molar refractivity (Wildman–Crippen MR) is 120 cm³/mol. The van der Waals surface area contributed by atoms with E-state index in [0.717, 1.165) is 12.0 Å². The Balaban J connectivity index is 1.62. The molecule has 0 spiro atoms. The van der Waals surface area contributed by atoms with Gasteiger partial charge in [-0.3, -0.25) is 0 Å². The van der Waals surface area contributed by atoms with Gasteiger partial charge in [0.15, 0.2) is 6.61 Å². The first-order valence-corrected chi connectivity index (χ1v) is 9.90. The number of aryl methyl sites for hydroxylation is 1. The van der Waals surface area contributed by atoms with Crippen LogP contribution in [0.3, 0.4) is 0 Å². The number of hydrogen-bond donors (Lipinski definition) is 0. The lowest BCUT2D eigenvalue weighted by Crippen LogP contribution is -2.17. The van der Waals surface area contributed by atoms with E-state index in [4.69, 9.17) is 14.2 Å². The van der Waals surface area contributed by atoms with Crippen LogP contribution < -0.4 is 14.2 Å². The van der Waals surface area contributed by atoms with Crippen molar-refractivity contribution in [1.29, 1.82) is 5.26 Å². The van der Waals surface area contributed by atoms with Crippen molar-refractivity contribution in [1.82, 2.24) is 0 Å². The van der Waals surface area contributed by atoms with Crippen LogP contribution in [0.1, 0.15) is 23.6 Å². The molecule has 0 saturated carbocycles. The summed E-state index contributed by atoms with van der Waals surface area (Å²) in [5, 5.41) is 9.56. The summed E-state index contributed by atoms with van der Waals surface area (Å²) in [6.45, 7) is 1.90. The highest BCUT2D eigenvalue weighted by molar-refractivity contribution is 5.91. The number of hydrogen-bond acceptors (Lipinski definition) is 5. The van der Waals surface area contributed by atoms with E-state index in [9.17, 15) is 10.1 Å². The van der Waals surface area contributed by atoms with Gasteiger partial charge >= 0.3 is 5.97 Å². The van der Waals surface area contributed by atoms with Gasteiger partial charge in [0.1, 0.15) is 17.2 Å². The van der Waals surface area contributed by atoms with Gasteiger partial charge in [-0.25, -0.2) is 4.79 Å². The highest BCUT2D eigenvalue weighted by Gasteiger charge is 2.09. The molecule has 0 fully saturated rings.